The molecule has 1 heterocycles. The lowest BCUT2D eigenvalue weighted by molar-refractivity contribution is 0.0995. The standard InChI is InChI=1S/C20H15NO2S/c22-17-11-9-15-14(13-5-2-1-3-6-13)8-10-16(19(15)17)21-20(23)18-7-4-12-24-18/h1-8,10,12H,9,11H2,(H,21,23). The van der Waals surface area contributed by atoms with Gasteiger partial charge in [0.05, 0.1) is 10.6 Å². The fourth-order valence-electron chi connectivity index (χ4n) is 3.17. The lowest BCUT2D eigenvalue weighted by Gasteiger charge is -2.13. The molecule has 1 N–H and O–H groups in total. The Morgan fingerprint density at radius 2 is 1.79 bits per heavy atom. The Bertz CT molecular complexity index is 914. The Hall–Kier alpha value is -2.72. The van der Waals surface area contributed by atoms with Crippen molar-refractivity contribution in [1.29, 1.82) is 0 Å². The molecule has 4 rings (SSSR count). The summed E-state index contributed by atoms with van der Waals surface area (Å²) in [5, 5.41) is 4.77. The largest absolute Gasteiger partial charge is 0.321 e. The van der Waals surface area contributed by atoms with Crippen LogP contribution in [0.5, 0.6) is 0 Å². The minimum Gasteiger partial charge on any atom is -0.321 e. The van der Waals surface area contributed by atoms with Crippen LogP contribution in [-0.2, 0) is 6.42 Å². The van der Waals surface area contributed by atoms with Gasteiger partial charge < -0.3 is 5.32 Å². The first-order chi connectivity index (χ1) is 11.7. The van der Waals surface area contributed by atoms with Gasteiger partial charge in [0.15, 0.2) is 5.78 Å². The van der Waals surface area contributed by atoms with Gasteiger partial charge in [-0.25, -0.2) is 0 Å². The molecule has 0 aliphatic heterocycles. The van der Waals surface area contributed by atoms with E-state index in [4.69, 9.17) is 0 Å². The van der Waals surface area contributed by atoms with Crippen LogP contribution in [0.1, 0.15) is 32.0 Å². The first-order valence-corrected chi connectivity index (χ1v) is 8.71. The summed E-state index contributed by atoms with van der Waals surface area (Å²) in [6.07, 6.45) is 1.22. The normalized spacial score (nSPS) is 12.9. The SMILES string of the molecule is O=C(Nc1ccc(-c2ccccc2)c2c1C(=O)CC2)c1cccs1. The highest BCUT2D eigenvalue weighted by atomic mass is 32.1. The Morgan fingerprint density at radius 1 is 0.958 bits per heavy atom. The van der Waals surface area contributed by atoms with Crippen molar-refractivity contribution in [3.63, 3.8) is 0 Å². The van der Waals surface area contributed by atoms with E-state index in [9.17, 15) is 9.59 Å². The van der Waals surface area contributed by atoms with Crippen LogP contribution < -0.4 is 5.32 Å². The van der Waals surface area contributed by atoms with Gasteiger partial charge in [-0.3, -0.25) is 9.59 Å². The van der Waals surface area contributed by atoms with E-state index in [0.29, 0.717) is 22.5 Å². The second kappa shape index (κ2) is 6.06. The van der Waals surface area contributed by atoms with Crippen molar-refractivity contribution in [1.82, 2.24) is 0 Å². The van der Waals surface area contributed by atoms with Crippen LogP contribution in [0.15, 0.2) is 60.0 Å². The topological polar surface area (TPSA) is 46.2 Å². The van der Waals surface area contributed by atoms with Crippen molar-refractivity contribution >= 4 is 28.7 Å². The number of hydrogen-bond donors (Lipinski definition) is 1. The molecule has 3 aromatic rings. The van der Waals surface area contributed by atoms with Gasteiger partial charge in [0.1, 0.15) is 0 Å². The zero-order valence-corrected chi connectivity index (χ0v) is 13.7. The molecule has 0 spiro atoms. The van der Waals surface area contributed by atoms with E-state index in [1.807, 2.05) is 53.9 Å². The molecule has 4 heteroatoms. The van der Waals surface area contributed by atoms with Crippen LogP contribution >= 0.6 is 11.3 Å². The van der Waals surface area contributed by atoms with Crippen LogP contribution in [0.4, 0.5) is 5.69 Å². The van der Waals surface area contributed by atoms with E-state index in [-0.39, 0.29) is 11.7 Å². The third-order valence-corrected chi connectivity index (χ3v) is 5.14. The van der Waals surface area contributed by atoms with Gasteiger partial charge in [0, 0.05) is 12.0 Å². The summed E-state index contributed by atoms with van der Waals surface area (Å²) >= 11 is 1.39. The Labute approximate surface area is 144 Å². The molecule has 24 heavy (non-hydrogen) atoms. The highest BCUT2D eigenvalue weighted by Crippen LogP contribution is 2.37. The highest BCUT2D eigenvalue weighted by Gasteiger charge is 2.27. The summed E-state index contributed by atoms with van der Waals surface area (Å²) in [7, 11) is 0. The second-order valence-electron chi connectivity index (χ2n) is 5.73. The molecule has 1 aliphatic rings. The number of nitrogens with one attached hydrogen (secondary N) is 1. The van der Waals surface area contributed by atoms with Gasteiger partial charge in [-0.15, -0.1) is 11.3 Å². The molecule has 1 aliphatic carbocycles. The number of benzene rings is 2. The molecule has 0 saturated carbocycles. The average Bonchev–Trinajstić information content (AvgIpc) is 3.27. The smallest absolute Gasteiger partial charge is 0.265 e. The maximum Gasteiger partial charge on any atom is 0.265 e. The molecule has 0 atom stereocenters. The quantitative estimate of drug-likeness (QED) is 0.748. The van der Waals surface area contributed by atoms with Crippen molar-refractivity contribution < 1.29 is 9.59 Å². The molecule has 118 valence electrons. The first kappa shape index (κ1) is 14.8. The molecule has 0 saturated heterocycles. The van der Waals surface area contributed by atoms with E-state index in [2.05, 4.69) is 5.32 Å². The average molecular weight is 333 g/mol. The van der Waals surface area contributed by atoms with E-state index in [0.717, 1.165) is 23.1 Å². The lowest BCUT2D eigenvalue weighted by atomic mass is 9.95. The van der Waals surface area contributed by atoms with Crippen LogP contribution in [0.25, 0.3) is 11.1 Å². The highest BCUT2D eigenvalue weighted by molar-refractivity contribution is 7.12. The predicted octanol–water partition coefficient (Wildman–Crippen LogP) is 4.80. The number of fused-ring (bicyclic) bond motifs is 1. The number of carbonyl (C=O) groups is 2. The van der Waals surface area contributed by atoms with Gasteiger partial charge in [-0.2, -0.15) is 0 Å². The molecule has 3 nitrogen and oxygen atoms in total. The number of hydrogen-bond acceptors (Lipinski definition) is 3. The number of rotatable bonds is 3. The van der Waals surface area contributed by atoms with Gasteiger partial charge in [-0.1, -0.05) is 42.5 Å². The molecule has 1 aromatic heterocycles. The van der Waals surface area contributed by atoms with Crippen molar-refractivity contribution in [2.75, 3.05) is 5.32 Å². The van der Waals surface area contributed by atoms with Gasteiger partial charge in [0.25, 0.3) is 5.91 Å². The monoisotopic (exact) mass is 333 g/mol. The van der Waals surface area contributed by atoms with E-state index < -0.39 is 0 Å². The summed E-state index contributed by atoms with van der Waals surface area (Å²) in [6, 6.07) is 17.5. The number of ketones is 1. The minimum absolute atomic E-state index is 0.101. The molecule has 2 aromatic carbocycles. The fourth-order valence-corrected chi connectivity index (χ4v) is 3.79. The Kier molecular flexibility index (Phi) is 3.75. The van der Waals surface area contributed by atoms with Gasteiger partial charge >= 0.3 is 0 Å². The lowest BCUT2D eigenvalue weighted by Crippen LogP contribution is -2.13. The van der Waals surface area contributed by atoms with E-state index >= 15 is 0 Å². The summed E-state index contributed by atoms with van der Waals surface area (Å²) in [5.41, 5.74) is 4.49. The maximum absolute atomic E-state index is 12.4. The third kappa shape index (κ3) is 2.55. The van der Waals surface area contributed by atoms with Crippen molar-refractivity contribution in [2.45, 2.75) is 12.8 Å². The second-order valence-corrected chi connectivity index (χ2v) is 6.68. The summed E-state index contributed by atoms with van der Waals surface area (Å²) in [6.45, 7) is 0. The number of Topliss-reactive ketones (excluding diaryl/α,β-unsaturated/α-hetero) is 1. The number of amides is 1. The first-order valence-electron chi connectivity index (χ1n) is 7.83. The Morgan fingerprint density at radius 3 is 2.54 bits per heavy atom. The van der Waals surface area contributed by atoms with E-state index in [1.165, 1.54) is 11.3 Å². The van der Waals surface area contributed by atoms with Crippen molar-refractivity contribution in [2.24, 2.45) is 0 Å². The molecule has 0 fully saturated rings. The van der Waals surface area contributed by atoms with Crippen LogP contribution in [-0.4, -0.2) is 11.7 Å². The number of carbonyl (C=O) groups excluding carboxylic acids is 2. The van der Waals surface area contributed by atoms with Crippen molar-refractivity contribution in [3.05, 3.63) is 76.0 Å². The fraction of sp³-hybridized carbons (Fsp3) is 0.100. The van der Waals surface area contributed by atoms with Crippen LogP contribution in [0.3, 0.4) is 0 Å². The third-order valence-electron chi connectivity index (χ3n) is 4.27. The molecule has 0 unspecified atom stereocenters. The minimum atomic E-state index is -0.167. The van der Waals surface area contributed by atoms with Crippen molar-refractivity contribution in [3.8, 4) is 11.1 Å². The maximum atomic E-state index is 12.4. The zero-order chi connectivity index (χ0) is 16.5. The predicted molar refractivity (Wildman–Crippen MR) is 96.8 cm³/mol. The zero-order valence-electron chi connectivity index (χ0n) is 12.9. The number of thiophene rings is 1. The molecule has 1 amide bonds. The molecular formula is C20H15NO2S. The van der Waals surface area contributed by atoms with Gasteiger partial charge in [-0.05, 0) is 40.6 Å². The molecule has 0 bridgehead atoms. The van der Waals surface area contributed by atoms with Gasteiger partial charge in [0.2, 0.25) is 0 Å². The van der Waals surface area contributed by atoms with Crippen LogP contribution in [0.2, 0.25) is 0 Å². The molecule has 0 radical (unpaired) electrons. The number of anilines is 1. The Balaban J connectivity index is 1.76. The summed E-state index contributed by atoms with van der Waals surface area (Å²) < 4.78 is 0. The summed E-state index contributed by atoms with van der Waals surface area (Å²) in [5.74, 6) is -0.0661. The summed E-state index contributed by atoms with van der Waals surface area (Å²) in [4.78, 5) is 25.4. The van der Waals surface area contributed by atoms with E-state index in [1.54, 1.807) is 6.07 Å². The molecular weight excluding hydrogens is 318 g/mol. The van der Waals surface area contributed by atoms with Crippen LogP contribution in [0, 0.1) is 0 Å².